The second kappa shape index (κ2) is 5.67. The minimum atomic E-state index is 0.361. The van der Waals surface area contributed by atoms with Gasteiger partial charge in [-0.2, -0.15) is 0 Å². The van der Waals surface area contributed by atoms with Crippen LogP contribution in [-0.2, 0) is 4.79 Å². The molecule has 17 heavy (non-hydrogen) atoms. The lowest BCUT2D eigenvalue weighted by atomic mass is 10.0. The maximum Gasteiger partial charge on any atom is 0.140 e. The van der Waals surface area contributed by atoms with Gasteiger partial charge in [0.05, 0.1) is 0 Å². The number of likely N-dealkylation sites (tertiary alicyclic amines) is 1. The molecule has 90 valence electrons. The monoisotopic (exact) mass is 229 g/mol. The van der Waals surface area contributed by atoms with Gasteiger partial charge in [0.15, 0.2) is 0 Å². The van der Waals surface area contributed by atoms with E-state index in [1.165, 1.54) is 11.3 Å². The van der Waals surface area contributed by atoms with Crippen LogP contribution in [0.2, 0.25) is 0 Å². The van der Waals surface area contributed by atoms with Crippen LogP contribution in [0.5, 0.6) is 0 Å². The summed E-state index contributed by atoms with van der Waals surface area (Å²) in [7, 11) is 0. The zero-order chi connectivity index (χ0) is 12.1. The molecule has 1 aliphatic heterocycles. The summed E-state index contributed by atoms with van der Waals surface area (Å²) in [4.78, 5) is 13.9. The van der Waals surface area contributed by atoms with Gasteiger partial charge in [-0.25, -0.2) is 0 Å². The van der Waals surface area contributed by atoms with Gasteiger partial charge in [-0.05, 0) is 18.1 Å². The molecule has 1 heterocycles. The molecule has 1 saturated heterocycles. The summed E-state index contributed by atoms with van der Waals surface area (Å²) in [6.07, 6.45) is 4.56. The fraction of sp³-hybridized carbons (Fsp3) is 0.400. The van der Waals surface area contributed by atoms with Crippen molar-refractivity contribution < 1.29 is 4.79 Å². The first kappa shape index (κ1) is 11.9. The maximum atomic E-state index is 11.5. The number of hydrogen-bond donors (Lipinski definition) is 0. The molecule has 1 fully saturated rings. The van der Waals surface area contributed by atoms with Crippen LogP contribution in [-0.4, -0.2) is 23.8 Å². The highest BCUT2D eigenvalue weighted by atomic mass is 16.1. The summed E-state index contributed by atoms with van der Waals surface area (Å²) in [5.41, 5.74) is 2.35. The predicted octanol–water partition coefficient (Wildman–Crippen LogP) is 3.10. The number of hydrogen-bond acceptors (Lipinski definition) is 2. The summed E-state index contributed by atoms with van der Waals surface area (Å²) in [6, 6.07) is 10.2. The molecule has 0 bridgehead atoms. The van der Waals surface area contributed by atoms with Gasteiger partial charge >= 0.3 is 0 Å². The molecule has 0 atom stereocenters. The number of nitrogens with zero attached hydrogens (tertiary/aromatic N) is 1. The lowest BCUT2D eigenvalue weighted by Gasteiger charge is -2.30. The minimum absolute atomic E-state index is 0.361. The molecule has 1 aromatic rings. The van der Waals surface area contributed by atoms with Crippen molar-refractivity contribution in [2.24, 2.45) is 0 Å². The fourth-order valence-electron chi connectivity index (χ4n) is 2.21. The van der Waals surface area contributed by atoms with Gasteiger partial charge in [0.1, 0.15) is 5.78 Å². The van der Waals surface area contributed by atoms with Crippen molar-refractivity contribution >= 4 is 11.9 Å². The second-order valence-electron chi connectivity index (χ2n) is 4.50. The Labute approximate surface area is 103 Å². The highest BCUT2D eigenvalue weighted by molar-refractivity contribution is 5.83. The maximum absolute atomic E-state index is 11.5. The van der Waals surface area contributed by atoms with Gasteiger partial charge in [0.2, 0.25) is 0 Å². The summed E-state index contributed by atoms with van der Waals surface area (Å²) in [5.74, 6) is 0.361. The predicted molar refractivity (Wildman–Crippen MR) is 70.5 cm³/mol. The molecular formula is C15H19NO. The lowest BCUT2D eigenvalue weighted by molar-refractivity contribution is -0.120. The van der Waals surface area contributed by atoms with E-state index in [9.17, 15) is 4.79 Å². The number of ketones is 1. The second-order valence-corrected chi connectivity index (χ2v) is 4.50. The van der Waals surface area contributed by atoms with Gasteiger partial charge in [-0.3, -0.25) is 4.79 Å². The largest absolute Gasteiger partial charge is 0.374 e. The highest BCUT2D eigenvalue weighted by Gasteiger charge is 2.19. The van der Waals surface area contributed by atoms with Crippen LogP contribution in [0, 0.1) is 0 Å². The normalized spacial score (nSPS) is 18.8. The Balaban J connectivity index is 2.19. The number of rotatable bonds is 3. The Morgan fingerprint density at radius 3 is 2.76 bits per heavy atom. The summed E-state index contributed by atoms with van der Waals surface area (Å²) in [6.45, 7) is 4.11. The SMILES string of the molecule is CCCN1CCC(=O)C/C1=C\c1ccccc1. The number of benzene rings is 1. The third-order valence-electron chi connectivity index (χ3n) is 3.07. The van der Waals surface area contributed by atoms with E-state index in [2.05, 4.69) is 30.0 Å². The van der Waals surface area contributed by atoms with Gasteiger partial charge in [0, 0.05) is 31.6 Å². The van der Waals surface area contributed by atoms with Crippen LogP contribution in [0.3, 0.4) is 0 Å². The average molecular weight is 229 g/mol. The first-order valence-electron chi connectivity index (χ1n) is 6.32. The van der Waals surface area contributed by atoms with Crippen molar-refractivity contribution in [1.29, 1.82) is 0 Å². The molecule has 0 saturated carbocycles. The quantitative estimate of drug-likeness (QED) is 0.793. The number of carbonyl (C=O) groups excluding carboxylic acids is 1. The first-order valence-corrected chi connectivity index (χ1v) is 6.32. The van der Waals surface area contributed by atoms with Crippen LogP contribution in [0.25, 0.3) is 6.08 Å². The fourth-order valence-corrected chi connectivity index (χ4v) is 2.21. The molecule has 2 nitrogen and oxygen atoms in total. The number of Topliss-reactive ketones (excluding diaryl/α,β-unsaturated/α-hetero) is 1. The molecule has 1 aliphatic rings. The molecule has 0 spiro atoms. The van der Waals surface area contributed by atoms with Crippen molar-refractivity contribution in [3.8, 4) is 0 Å². The summed E-state index contributed by atoms with van der Waals surface area (Å²) in [5, 5.41) is 0. The van der Waals surface area contributed by atoms with E-state index in [4.69, 9.17) is 0 Å². The van der Waals surface area contributed by atoms with Crippen LogP contribution in [0.1, 0.15) is 31.7 Å². The van der Waals surface area contributed by atoms with E-state index in [0.717, 1.165) is 19.5 Å². The van der Waals surface area contributed by atoms with Gasteiger partial charge in [0.25, 0.3) is 0 Å². The molecule has 1 aromatic carbocycles. The zero-order valence-corrected chi connectivity index (χ0v) is 10.4. The molecule has 0 aromatic heterocycles. The summed E-state index contributed by atoms with van der Waals surface area (Å²) >= 11 is 0. The summed E-state index contributed by atoms with van der Waals surface area (Å²) < 4.78 is 0. The Bertz CT molecular complexity index is 408. The molecule has 0 radical (unpaired) electrons. The van der Waals surface area contributed by atoms with Crippen molar-refractivity contribution in [2.45, 2.75) is 26.2 Å². The third-order valence-corrected chi connectivity index (χ3v) is 3.07. The Hall–Kier alpha value is -1.57. The lowest BCUT2D eigenvalue weighted by Crippen LogP contribution is -2.32. The van der Waals surface area contributed by atoms with Crippen molar-refractivity contribution in [2.75, 3.05) is 13.1 Å². The Morgan fingerprint density at radius 1 is 1.29 bits per heavy atom. The molecular weight excluding hydrogens is 210 g/mol. The standard InChI is InChI=1S/C15H19NO/c1-2-9-16-10-8-15(17)12-14(16)11-13-6-4-3-5-7-13/h3-7,11H,2,8-10,12H2,1H3/b14-11+. The number of allylic oxidation sites excluding steroid dienone is 1. The van der Waals surface area contributed by atoms with E-state index in [1.807, 2.05) is 18.2 Å². The van der Waals surface area contributed by atoms with E-state index in [0.29, 0.717) is 18.6 Å². The zero-order valence-electron chi connectivity index (χ0n) is 10.4. The van der Waals surface area contributed by atoms with E-state index in [1.54, 1.807) is 0 Å². The molecule has 2 heteroatoms. The minimum Gasteiger partial charge on any atom is -0.374 e. The Morgan fingerprint density at radius 2 is 2.06 bits per heavy atom. The van der Waals surface area contributed by atoms with Crippen LogP contribution in [0.15, 0.2) is 36.0 Å². The van der Waals surface area contributed by atoms with Crippen molar-refractivity contribution in [3.05, 3.63) is 41.6 Å². The molecule has 0 amide bonds. The third kappa shape index (κ3) is 3.19. The van der Waals surface area contributed by atoms with E-state index >= 15 is 0 Å². The molecule has 2 rings (SSSR count). The van der Waals surface area contributed by atoms with Crippen LogP contribution in [0.4, 0.5) is 0 Å². The van der Waals surface area contributed by atoms with Gasteiger partial charge in [-0.1, -0.05) is 37.3 Å². The number of carbonyl (C=O) groups is 1. The first-order chi connectivity index (χ1) is 8.29. The van der Waals surface area contributed by atoms with Crippen molar-refractivity contribution in [1.82, 2.24) is 4.90 Å². The van der Waals surface area contributed by atoms with Crippen LogP contribution < -0.4 is 0 Å². The molecule has 0 unspecified atom stereocenters. The molecule has 0 aliphatic carbocycles. The smallest absolute Gasteiger partial charge is 0.140 e. The van der Waals surface area contributed by atoms with Crippen LogP contribution >= 0.6 is 0 Å². The average Bonchev–Trinajstić information content (AvgIpc) is 2.34. The van der Waals surface area contributed by atoms with E-state index in [-0.39, 0.29) is 0 Å². The van der Waals surface area contributed by atoms with E-state index < -0.39 is 0 Å². The van der Waals surface area contributed by atoms with Gasteiger partial charge in [-0.15, -0.1) is 0 Å². The molecule has 0 N–H and O–H groups in total. The van der Waals surface area contributed by atoms with Gasteiger partial charge < -0.3 is 4.90 Å². The highest BCUT2D eigenvalue weighted by Crippen LogP contribution is 2.21. The topological polar surface area (TPSA) is 20.3 Å². The Kier molecular flexibility index (Phi) is 3.97. The number of piperidine rings is 1. The van der Waals surface area contributed by atoms with Crippen molar-refractivity contribution in [3.63, 3.8) is 0 Å².